The number of aliphatic carboxylic acids is 1. The van der Waals surface area contributed by atoms with E-state index >= 15 is 0 Å². The number of Topliss-reactive ketones (excluding diaryl/α,β-unsaturated/α-hetero) is 2. The average Bonchev–Trinajstić information content (AvgIpc) is 3.38. The summed E-state index contributed by atoms with van der Waals surface area (Å²) in [6, 6.07) is 7.45. The smallest absolute Gasteiger partial charge is 0.306 e. The third-order valence-corrected chi connectivity index (χ3v) is 16.8. The van der Waals surface area contributed by atoms with E-state index < -0.39 is 5.97 Å². The van der Waals surface area contributed by atoms with Gasteiger partial charge in [-0.2, -0.15) is 0 Å². The van der Waals surface area contributed by atoms with Crippen LogP contribution in [0.5, 0.6) is 0 Å². The average molecular weight is 732 g/mol. The number of hydrogen-bond donors (Lipinski definition) is 2. The predicted molar refractivity (Wildman–Crippen MR) is 204 cm³/mol. The maximum atomic E-state index is 13.9. The topological polar surface area (TPSA) is 101 Å². The summed E-state index contributed by atoms with van der Waals surface area (Å²) in [4.78, 5) is 51.9. The first-order chi connectivity index (χ1) is 24.6. The van der Waals surface area contributed by atoms with E-state index in [0.29, 0.717) is 84.3 Å². The number of rotatable bonds is 10. The van der Waals surface area contributed by atoms with Gasteiger partial charge in [0, 0.05) is 35.7 Å². The lowest BCUT2D eigenvalue weighted by molar-refractivity contribution is -0.162. The molecule has 5 fully saturated rings. The molecule has 0 spiro atoms. The number of allylic oxidation sites excluding steroid dienone is 2. The summed E-state index contributed by atoms with van der Waals surface area (Å²) in [7, 11) is 0. The summed E-state index contributed by atoms with van der Waals surface area (Å²) in [5.74, 6) is 2.96. The number of benzene rings is 1. The summed E-state index contributed by atoms with van der Waals surface area (Å²) in [5.41, 5.74) is 3.73. The van der Waals surface area contributed by atoms with Crippen LogP contribution in [0.25, 0.3) is 0 Å². The Kier molecular flexibility index (Phi) is 10.2. The molecular formula is C45H62ClNO5. The van der Waals surface area contributed by atoms with E-state index in [1.807, 2.05) is 31.2 Å². The molecule has 11 atom stereocenters. The molecule has 1 aromatic carbocycles. The minimum atomic E-state index is -0.758. The van der Waals surface area contributed by atoms with Gasteiger partial charge in [-0.3, -0.25) is 19.2 Å². The van der Waals surface area contributed by atoms with Gasteiger partial charge in [0.25, 0.3) is 0 Å². The molecule has 0 saturated heterocycles. The molecule has 5 saturated carbocycles. The Morgan fingerprint density at radius 1 is 0.942 bits per heavy atom. The Morgan fingerprint density at radius 3 is 2.35 bits per heavy atom. The second kappa shape index (κ2) is 14.0. The molecule has 2 N–H and O–H groups in total. The number of carboxylic acid groups (broad SMARTS) is 1. The van der Waals surface area contributed by atoms with Crippen LogP contribution in [-0.2, 0) is 25.6 Å². The fraction of sp³-hybridized carbons (Fsp3) is 0.733. The Hall–Kier alpha value is -2.47. The van der Waals surface area contributed by atoms with Gasteiger partial charge in [0.2, 0.25) is 5.91 Å². The number of hydrogen-bond acceptors (Lipinski definition) is 4. The number of amides is 1. The van der Waals surface area contributed by atoms with Crippen LogP contribution in [-0.4, -0.2) is 35.1 Å². The Balaban J connectivity index is 1.04. The molecule has 1 aromatic rings. The SMILES string of the molecule is CC(C)C1=C2C3CCC4C(CCC5C(C)(C)C(CC(=O)C6CC(C(=O)O)C6C)CCC45C)C3CCC2(CCNC(=O)Cc2ccc(Cl)cc2)CC1=O. The first kappa shape index (κ1) is 37.8. The van der Waals surface area contributed by atoms with Crippen molar-refractivity contribution >= 4 is 35.0 Å². The van der Waals surface area contributed by atoms with Gasteiger partial charge < -0.3 is 10.4 Å². The predicted octanol–water partition coefficient (Wildman–Crippen LogP) is 9.52. The summed E-state index contributed by atoms with van der Waals surface area (Å²) in [6.07, 6.45) is 12.2. The highest BCUT2D eigenvalue weighted by Crippen LogP contribution is 2.70. The van der Waals surface area contributed by atoms with Crippen LogP contribution < -0.4 is 5.32 Å². The largest absolute Gasteiger partial charge is 0.481 e. The fourth-order valence-electron chi connectivity index (χ4n) is 13.8. The van der Waals surface area contributed by atoms with Gasteiger partial charge >= 0.3 is 5.97 Å². The second-order valence-electron chi connectivity index (χ2n) is 19.4. The first-order valence-electron chi connectivity index (χ1n) is 20.6. The molecule has 0 heterocycles. The molecule has 0 aromatic heterocycles. The Labute approximate surface area is 316 Å². The van der Waals surface area contributed by atoms with Gasteiger partial charge in [-0.1, -0.05) is 70.8 Å². The van der Waals surface area contributed by atoms with E-state index in [1.54, 1.807) is 0 Å². The maximum absolute atomic E-state index is 13.9. The van der Waals surface area contributed by atoms with Crippen molar-refractivity contribution in [3.05, 3.63) is 46.0 Å². The van der Waals surface area contributed by atoms with E-state index in [2.05, 4.69) is 39.9 Å². The lowest BCUT2D eigenvalue weighted by Gasteiger charge is -2.65. The molecule has 7 rings (SSSR count). The number of nitrogens with one attached hydrogen (secondary N) is 1. The monoisotopic (exact) mass is 731 g/mol. The third kappa shape index (κ3) is 6.33. The lowest BCUT2D eigenvalue weighted by atomic mass is 9.39. The van der Waals surface area contributed by atoms with E-state index in [4.69, 9.17) is 11.6 Å². The van der Waals surface area contributed by atoms with Crippen molar-refractivity contribution in [2.24, 2.45) is 75.4 Å². The van der Waals surface area contributed by atoms with E-state index in [1.165, 1.54) is 37.7 Å². The minimum Gasteiger partial charge on any atom is -0.481 e. The van der Waals surface area contributed by atoms with Crippen LogP contribution in [0.15, 0.2) is 35.4 Å². The van der Waals surface area contributed by atoms with Gasteiger partial charge in [-0.25, -0.2) is 0 Å². The highest BCUT2D eigenvalue weighted by atomic mass is 35.5. The Morgan fingerprint density at radius 2 is 1.67 bits per heavy atom. The van der Waals surface area contributed by atoms with Crippen LogP contribution in [0.1, 0.15) is 124 Å². The molecule has 0 bridgehead atoms. The highest BCUT2D eigenvalue weighted by molar-refractivity contribution is 6.30. The normalized spacial score (nSPS) is 39.2. The van der Waals surface area contributed by atoms with Crippen molar-refractivity contribution in [1.29, 1.82) is 0 Å². The van der Waals surface area contributed by atoms with Crippen molar-refractivity contribution in [2.45, 2.75) is 125 Å². The molecule has 52 heavy (non-hydrogen) atoms. The molecular weight excluding hydrogens is 670 g/mol. The summed E-state index contributed by atoms with van der Waals surface area (Å²) in [6.45, 7) is 14.4. The van der Waals surface area contributed by atoms with E-state index in [-0.39, 0.29) is 45.8 Å². The van der Waals surface area contributed by atoms with E-state index in [0.717, 1.165) is 36.8 Å². The van der Waals surface area contributed by atoms with Crippen molar-refractivity contribution in [3.63, 3.8) is 0 Å². The fourth-order valence-corrected chi connectivity index (χ4v) is 14.0. The number of carbonyl (C=O) groups is 4. The van der Waals surface area contributed by atoms with Crippen LogP contribution in [0, 0.1) is 75.4 Å². The quantitative estimate of drug-likeness (QED) is 0.250. The second-order valence-corrected chi connectivity index (χ2v) is 19.9. The van der Waals surface area contributed by atoms with Gasteiger partial charge in [0.05, 0.1) is 12.3 Å². The van der Waals surface area contributed by atoms with Gasteiger partial charge in [-0.05, 0) is 146 Å². The molecule has 1 amide bonds. The zero-order chi connectivity index (χ0) is 37.3. The molecule has 284 valence electrons. The van der Waals surface area contributed by atoms with Crippen LogP contribution >= 0.6 is 11.6 Å². The summed E-state index contributed by atoms with van der Waals surface area (Å²) < 4.78 is 0. The standard InChI is InChI=1S/C45H62ClNO5/c1-25(2)40-37(49)24-45(19-20-47-39(50)21-27-7-9-29(46)10-8-27)18-16-30-31-12-14-38-43(4,5)28(22-36(48)33-23-34(26(33)3)42(51)52)15-17-44(38,6)35(31)13-11-32(30)41(40)45/h7-10,25-26,28,30-35,38H,11-24H2,1-6H3,(H,47,50)(H,51,52). The molecule has 11 unspecified atom stereocenters. The van der Waals surface area contributed by atoms with Crippen molar-refractivity contribution in [1.82, 2.24) is 5.32 Å². The highest BCUT2D eigenvalue weighted by Gasteiger charge is 2.63. The zero-order valence-electron chi connectivity index (χ0n) is 32.4. The minimum absolute atomic E-state index is 0.0169. The number of ketones is 2. The third-order valence-electron chi connectivity index (χ3n) is 16.5. The summed E-state index contributed by atoms with van der Waals surface area (Å²) >= 11 is 6.04. The number of halogens is 1. The molecule has 7 heteroatoms. The van der Waals surface area contributed by atoms with Gasteiger partial charge in [0.15, 0.2) is 5.78 Å². The number of carbonyl (C=O) groups excluding carboxylic acids is 3. The van der Waals surface area contributed by atoms with E-state index in [9.17, 15) is 24.3 Å². The molecule has 6 aliphatic rings. The first-order valence-corrected chi connectivity index (χ1v) is 21.0. The van der Waals surface area contributed by atoms with Crippen LogP contribution in [0.4, 0.5) is 0 Å². The van der Waals surface area contributed by atoms with Crippen molar-refractivity contribution in [2.75, 3.05) is 6.54 Å². The van der Waals surface area contributed by atoms with Gasteiger partial charge in [-0.15, -0.1) is 0 Å². The summed E-state index contributed by atoms with van der Waals surface area (Å²) in [5, 5.41) is 13.4. The maximum Gasteiger partial charge on any atom is 0.306 e. The van der Waals surface area contributed by atoms with Gasteiger partial charge in [0.1, 0.15) is 5.78 Å². The molecule has 6 nitrogen and oxygen atoms in total. The lowest BCUT2D eigenvalue weighted by Crippen LogP contribution is -2.58. The molecule has 0 radical (unpaired) electrons. The zero-order valence-corrected chi connectivity index (χ0v) is 33.2. The molecule has 0 aliphatic heterocycles. The van der Waals surface area contributed by atoms with Crippen LogP contribution in [0.3, 0.4) is 0 Å². The number of fused-ring (bicyclic) bond motifs is 7. The van der Waals surface area contributed by atoms with Crippen LogP contribution in [0.2, 0.25) is 5.02 Å². The molecule has 6 aliphatic carbocycles. The Bertz CT molecular complexity index is 1630. The number of carboxylic acids is 1. The van der Waals surface area contributed by atoms with Crippen molar-refractivity contribution in [3.8, 4) is 0 Å². The van der Waals surface area contributed by atoms with Crippen molar-refractivity contribution < 1.29 is 24.3 Å².